The van der Waals surface area contributed by atoms with E-state index in [1.165, 1.54) is 37.3 Å². The predicted molar refractivity (Wildman–Crippen MR) is 187 cm³/mol. The van der Waals surface area contributed by atoms with Crippen molar-refractivity contribution in [2.45, 2.75) is 46.3 Å². The number of aryl methyl sites for hydroxylation is 1. The number of carbonyl (C=O) groups excluding carboxylic acids is 4. The van der Waals surface area contributed by atoms with E-state index >= 15 is 0 Å². The lowest BCUT2D eigenvalue weighted by atomic mass is 9.97. The van der Waals surface area contributed by atoms with Gasteiger partial charge in [-0.1, -0.05) is 79.7 Å². The minimum absolute atomic E-state index is 0.221. The first-order valence-corrected chi connectivity index (χ1v) is 15.8. The van der Waals surface area contributed by atoms with E-state index < -0.39 is 36.1 Å². The van der Waals surface area contributed by atoms with Crippen molar-refractivity contribution in [2.24, 2.45) is 0 Å². The van der Waals surface area contributed by atoms with E-state index in [-0.39, 0.29) is 5.56 Å². The van der Waals surface area contributed by atoms with Crippen molar-refractivity contribution in [1.82, 2.24) is 0 Å². The molecule has 0 N–H and O–H groups in total. The molecule has 4 aromatic rings. The maximum absolute atomic E-state index is 13.4. The van der Waals surface area contributed by atoms with Crippen molar-refractivity contribution in [2.75, 3.05) is 0 Å². The summed E-state index contributed by atoms with van der Waals surface area (Å²) >= 11 is 0. The topological polar surface area (TPSA) is 105 Å². The van der Waals surface area contributed by atoms with Crippen LogP contribution in [-0.2, 0) is 25.5 Å². The van der Waals surface area contributed by atoms with Gasteiger partial charge in [0.2, 0.25) is 0 Å². The maximum atomic E-state index is 13.4. The Bertz CT molecular complexity index is 1820. The Morgan fingerprint density at radius 2 is 1.27 bits per heavy atom. The highest BCUT2D eigenvalue weighted by Gasteiger charge is 2.32. The van der Waals surface area contributed by atoms with Crippen LogP contribution in [0.25, 0.3) is 6.08 Å². The zero-order valence-electron chi connectivity index (χ0n) is 27.8. The third kappa shape index (κ3) is 10.5. The van der Waals surface area contributed by atoms with Crippen molar-refractivity contribution in [3.05, 3.63) is 161 Å². The first-order chi connectivity index (χ1) is 23.7. The van der Waals surface area contributed by atoms with Gasteiger partial charge in [0.1, 0.15) is 11.5 Å². The number of rotatable bonds is 13. The standard InChI is InChI=1S/C41H38O8/c1-5-11-31(7-3)38(39(32-12-9-8-10-13-32)49-41(45)34-21-25-35(26-22-34)46-28(4)42)48-37(43)27-18-30-16-23-36(24-17-30)47-40(44)33-19-14-29(6-2)15-20-33/h5,7-27,38-39H,6H2,1-4H3/b11-5-,27-18+,31-7+/t38-,39-/m1/s1. The number of benzene rings is 4. The molecule has 4 aromatic carbocycles. The van der Waals surface area contributed by atoms with Crippen LogP contribution < -0.4 is 9.47 Å². The molecular formula is C41H38O8. The van der Waals surface area contributed by atoms with E-state index in [4.69, 9.17) is 18.9 Å². The normalized spacial score (nSPS) is 12.7. The third-order valence-corrected chi connectivity index (χ3v) is 7.35. The zero-order chi connectivity index (χ0) is 35.2. The molecule has 0 aliphatic carbocycles. The molecule has 250 valence electrons. The second kappa shape index (κ2) is 17.8. The lowest BCUT2D eigenvalue weighted by molar-refractivity contribution is -0.146. The third-order valence-electron chi connectivity index (χ3n) is 7.35. The van der Waals surface area contributed by atoms with Crippen molar-refractivity contribution < 1.29 is 38.1 Å². The second-order valence-electron chi connectivity index (χ2n) is 10.8. The Kier molecular flexibility index (Phi) is 13.0. The van der Waals surface area contributed by atoms with E-state index in [9.17, 15) is 19.2 Å². The van der Waals surface area contributed by atoms with Crippen LogP contribution >= 0.6 is 0 Å². The molecule has 0 heterocycles. The van der Waals surface area contributed by atoms with Gasteiger partial charge in [-0.05, 0) is 97.1 Å². The van der Waals surface area contributed by atoms with Crippen LogP contribution in [0.1, 0.15) is 71.2 Å². The van der Waals surface area contributed by atoms with Crippen LogP contribution in [0.5, 0.6) is 11.5 Å². The van der Waals surface area contributed by atoms with Crippen molar-refractivity contribution in [1.29, 1.82) is 0 Å². The molecule has 0 radical (unpaired) electrons. The summed E-state index contributed by atoms with van der Waals surface area (Å²) in [6, 6.07) is 28.9. The van der Waals surface area contributed by atoms with Gasteiger partial charge < -0.3 is 18.9 Å². The lowest BCUT2D eigenvalue weighted by Gasteiger charge is -2.28. The van der Waals surface area contributed by atoms with E-state index in [0.717, 1.165) is 12.0 Å². The number of carbonyl (C=O) groups is 4. The fourth-order valence-electron chi connectivity index (χ4n) is 4.83. The van der Waals surface area contributed by atoms with E-state index in [2.05, 4.69) is 0 Å². The largest absolute Gasteiger partial charge is 0.450 e. The van der Waals surface area contributed by atoms with Gasteiger partial charge >= 0.3 is 23.9 Å². The van der Waals surface area contributed by atoms with Crippen LogP contribution in [0.3, 0.4) is 0 Å². The summed E-state index contributed by atoms with van der Waals surface area (Å²) in [5, 5.41) is 0. The molecule has 8 nitrogen and oxygen atoms in total. The van der Waals surface area contributed by atoms with Crippen LogP contribution in [0.2, 0.25) is 0 Å². The molecule has 0 fully saturated rings. The Labute approximate surface area is 286 Å². The number of hydrogen-bond acceptors (Lipinski definition) is 8. The Morgan fingerprint density at radius 1 is 0.673 bits per heavy atom. The average Bonchev–Trinajstić information content (AvgIpc) is 3.12. The van der Waals surface area contributed by atoms with Crippen LogP contribution in [0, 0.1) is 0 Å². The van der Waals surface area contributed by atoms with Crippen molar-refractivity contribution in [3.8, 4) is 11.5 Å². The van der Waals surface area contributed by atoms with Gasteiger partial charge in [-0.15, -0.1) is 0 Å². The molecule has 0 aromatic heterocycles. The van der Waals surface area contributed by atoms with Gasteiger partial charge in [0, 0.05) is 13.0 Å². The SMILES string of the molecule is C/C=C\C(=C/C)[C@@H](OC(=O)/C=C/c1ccc(OC(=O)c2ccc(CC)cc2)cc1)[C@H](OC(=O)c1ccc(OC(C)=O)cc1)c1ccccc1. The average molecular weight is 659 g/mol. The smallest absolute Gasteiger partial charge is 0.343 e. The highest BCUT2D eigenvalue weighted by molar-refractivity contribution is 5.91. The molecule has 49 heavy (non-hydrogen) atoms. The number of esters is 4. The van der Waals surface area contributed by atoms with E-state index in [0.29, 0.717) is 33.8 Å². The monoisotopic (exact) mass is 658 g/mol. The molecule has 0 bridgehead atoms. The molecule has 0 spiro atoms. The van der Waals surface area contributed by atoms with Gasteiger partial charge in [0.15, 0.2) is 12.2 Å². The summed E-state index contributed by atoms with van der Waals surface area (Å²) in [6.45, 7) is 6.97. The molecule has 0 amide bonds. The molecule has 0 aliphatic rings. The molecule has 0 saturated heterocycles. The minimum Gasteiger partial charge on any atom is -0.450 e. The molecule has 4 rings (SSSR count). The molecule has 0 aliphatic heterocycles. The predicted octanol–water partition coefficient (Wildman–Crippen LogP) is 8.44. The number of allylic oxidation sites excluding steroid dienone is 2. The zero-order valence-corrected chi connectivity index (χ0v) is 27.8. The first kappa shape index (κ1) is 35.8. The van der Waals surface area contributed by atoms with Crippen LogP contribution in [0.4, 0.5) is 0 Å². The molecule has 0 unspecified atom stereocenters. The second-order valence-corrected chi connectivity index (χ2v) is 10.8. The van der Waals surface area contributed by atoms with Crippen LogP contribution in [-0.4, -0.2) is 30.0 Å². The minimum atomic E-state index is -1.01. The van der Waals surface area contributed by atoms with Crippen molar-refractivity contribution >= 4 is 30.0 Å². The summed E-state index contributed by atoms with van der Waals surface area (Å²) in [6.07, 6.45) is 7.11. The Balaban J connectivity index is 1.51. The molecule has 0 saturated carbocycles. The fourth-order valence-corrected chi connectivity index (χ4v) is 4.83. The molecular weight excluding hydrogens is 620 g/mol. The van der Waals surface area contributed by atoms with Gasteiger partial charge in [-0.3, -0.25) is 4.79 Å². The molecule has 8 heteroatoms. The highest BCUT2D eigenvalue weighted by Crippen LogP contribution is 2.31. The summed E-state index contributed by atoms with van der Waals surface area (Å²) in [4.78, 5) is 50.5. The Morgan fingerprint density at radius 3 is 1.86 bits per heavy atom. The van der Waals surface area contributed by atoms with Gasteiger partial charge in [0.25, 0.3) is 0 Å². The van der Waals surface area contributed by atoms with E-state index in [1.807, 2.05) is 32.0 Å². The Hall–Kier alpha value is -6.02. The number of hydrogen-bond donors (Lipinski definition) is 0. The highest BCUT2D eigenvalue weighted by atomic mass is 16.6. The fraction of sp³-hybridized carbons (Fsp3) is 0.171. The summed E-state index contributed by atoms with van der Waals surface area (Å²) in [5.74, 6) is -1.61. The summed E-state index contributed by atoms with van der Waals surface area (Å²) in [5.41, 5.74) is 3.70. The van der Waals surface area contributed by atoms with Gasteiger partial charge in [0.05, 0.1) is 11.1 Å². The summed E-state index contributed by atoms with van der Waals surface area (Å²) < 4.78 is 22.6. The van der Waals surface area contributed by atoms with Crippen LogP contribution in [0.15, 0.2) is 133 Å². The summed E-state index contributed by atoms with van der Waals surface area (Å²) in [7, 11) is 0. The van der Waals surface area contributed by atoms with Gasteiger partial charge in [-0.2, -0.15) is 0 Å². The van der Waals surface area contributed by atoms with Crippen molar-refractivity contribution in [3.63, 3.8) is 0 Å². The van der Waals surface area contributed by atoms with E-state index in [1.54, 1.807) is 91.9 Å². The maximum Gasteiger partial charge on any atom is 0.343 e. The van der Waals surface area contributed by atoms with Gasteiger partial charge in [-0.25, -0.2) is 14.4 Å². The lowest BCUT2D eigenvalue weighted by Crippen LogP contribution is -2.30. The molecule has 2 atom stereocenters. The quantitative estimate of drug-likeness (QED) is 0.0610. The number of ether oxygens (including phenoxy) is 4. The first-order valence-electron chi connectivity index (χ1n) is 15.8.